The number of carbonyl (C=O) groups excluding carboxylic acids is 1. The molecule has 2 heterocycles. The minimum absolute atomic E-state index is 0.0488. The summed E-state index contributed by atoms with van der Waals surface area (Å²) in [5.41, 5.74) is 5.63. The molecule has 0 bridgehead atoms. The summed E-state index contributed by atoms with van der Waals surface area (Å²) in [6, 6.07) is 22.6. The number of fused-ring (bicyclic) bond motifs is 1. The Hall–Kier alpha value is -3.02. The molecule has 1 unspecified atom stereocenters. The first-order valence-corrected chi connectivity index (χ1v) is 10.6. The van der Waals surface area contributed by atoms with E-state index in [0.717, 1.165) is 38.2 Å². The van der Waals surface area contributed by atoms with Gasteiger partial charge >= 0.3 is 0 Å². The summed E-state index contributed by atoms with van der Waals surface area (Å²) in [6.45, 7) is 3.28. The number of benzene rings is 2. The molecule has 30 heavy (non-hydrogen) atoms. The van der Waals surface area contributed by atoms with Crippen LogP contribution in [0.1, 0.15) is 38.8 Å². The molecular formula is C25H28N4O. The molecule has 0 spiro atoms. The Morgan fingerprint density at radius 3 is 2.70 bits per heavy atom. The Bertz CT molecular complexity index is 956. The maximum atomic E-state index is 12.4. The second-order valence-corrected chi connectivity index (χ2v) is 7.61. The number of aromatic nitrogens is 1. The van der Waals surface area contributed by atoms with E-state index in [0.29, 0.717) is 18.2 Å². The predicted octanol–water partition coefficient (Wildman–Crippen LogP) is 3.03. The van der Waals surface area contributed by atoms with Gasteiger partial charge in [-0.15, -0.1) is 0 Å². The van der Waals surface area contributed by atoms with Gasteiger partial charge < -0.3 is 16.0 Å². The van der Waals surface area contributed by atoms with Gasteiger partial charge in [0.15, 0.2) is 0 Å². The first kappa shape index (κ1) is 20.3. The second kappa shape index (κ2) is 10.1. The number of hydrogen-bond donors (Lipinski definition) is 3. The molecule has 154 valence electrons. The Labute approximate surface area is 177 Å². The van der Waals surface area contributed by atoms with Crippen LogP contribution in [0.5, 0.6) is 0 Å². The molecule has 1 aromatic heterocycles. The maximum absolute atomic E-state index is 12.4. The van der Waals surface area contributed by atoms with E-state index in [4.69, 9.17) is 0 Å². The van der Waals surface area contributed by atoms with Crippen LogP contribution in [0.15, 0.2) is 72.9 Å². The highest BCUT2D eigenvalue weighted by Gasteiger charge is 2.17. The molecule has 0 saturated carbocycles. The summed E-state index contributed by atoms with van der Waals surface area (Å²) in [6.07, 6.45) is 3.57. The summed E-state index contributed by atoms with van der Waals surface area (Å²) in [4.78, 5) is 16.6. The third-order valence-electron chi connectivity index (χ3n) is 5.51. The number of hydrogen-bond acceptors (Lipinski definition) is 4. The van der Waals surface area contributed by atoms with Gasteiger partial charge in [-0.3, -0.25) is 9.78 Å². The molecule has 0 radical (unpaired) electrons. The van der Waals surface area contributed by atoms with E-state index in [1.165, 1.54) is 16.7 Å². The third kappa shape index (κ3) is 5.32. The van der Waals surface area contributed by atoms with Crippen molar-refractivity contribution in [3.8, 4) is 0 Å². The smallest absolute Gasteiger partial charge is 0.251 e. The first-order valence-electron chi connectivity index (χ1n) is 10.6. The summed E-state index contributed by atoms with van der Waals surface area (Å²) >= 11 is 0. The van der Waals surface area contributed by atoms with E-state index in [2.05, 4.69) is 45.2 Å². The van der Waals surface area contributed by atoms with Crippen molar-refractivity contribution in [1.82, 2.24) is 20.9 Å². The van der Waals surface area contributed by atoms with Gasteiger partial charge in [-0.25, -0.2) is 0 Å². The zero-order chi connectivity index (χ0) is 20.6. The molecule has 1 amide bonds. The fraction of sp³-hybridized carbons (Fsp3) is 0.280. The van der Waals surface area contributed by atoms with Crippen molar-refractivity contribution < 1.29 is 4.79 Å². The fourth-order valence-electron chi connectivity index (χ4n) is 3.83. The molecule has 3 aromatic rings. The Kier molecular flexibility index (Phi) is 6.85. The number of nitrogens with one attached hydrogen (secondary N) is 3. The van der Waals surface area contributed by atoms with Crippen LogP contribution in [-0.2, 0) is 19.4 Å². The minimum Gasteiger partial charge on any atom is -0.352 e. The molecule has 0 saturated heterocycles. The van der Waals surface area contributed by atoms with Crippen molar-refractivity contribution in [2.24, 2.45) is 0 Å². The Balaban J connectivity index is 1.29. The molecule has 3 N–H and O–H groups in total. The zero-order valence-electron chi connectivity index (χ0n) is 17.1. The zero-order valence-corrected chi connectivity index (χ0v) is 17.1. The molecule has 2 aromatic carbocycles. The van der Waals surface area contributed by atoms with E-state index in [-0.39, 0.29) is 5.91 Å². The summed E-state index contributed by atoms with van der Waals surface area (Å²) in [7, 11) is 0. The van der Waals surface area contributed by atoms with Gasteiger partial charge in [0.1, 0.15) is 0 Å². The van der Waals surface area contributed by atoms with Gasteiger partial charge in [-0.05, 0) is 53.9 Å². The topological polar surface area (TPSA) is 66.0 Å². The van der Waals surface area contributed by atoms with Crippen LogP contribution in [0.25, 0.3) is 0 Å². The highest BCUT2D eigenvalue weighted by Crippen LogP contribution is 2.21. The maximum Gasteiger partial charge on any atom is 0.251 e. The summed E-state index contributed by atoms with van der Waals surface area (Å²) in [5.74, 6) is -0.0488. The van der Waals surface area contributed by atoms with Gasteiger partial charge in [0.2, 0.25) is 0 Å². The standard InChI is InChI=1S/C25H28N4O/c30-25(28-16-13-22-6-3-4-14-27-22)21-10-8-19(9-11-21)17-29-24-18-26-15-12-20-5-1-2-7-23(20)24/h1-11,14,24,26,29H,12-13,15-18H2,(H,28,30). The molecule has 1 aliphatic rings. The van der Waals surface area contributed by atoms with Crippen LogP contribution < -0.4 is 16.0 Å². The van der Waals surface area contributed by atoms with Gasteiger partial charge in [-0.1, -0.05) is 42.5 Å². The van der Waals surface area contributed by atoms with Gasteiger partial charge in [0, 0.05) is 49.6 Å². The van der Waals surface area contributed by atoms with Crippen molar-refractivity contribution in [2.75, 3.05) is 19.6 Å². The first-order chi connectivity index (χ1) is 14.8. The van der Waals surface area contributed by atoms with Crippen molar-refractivity contribution in [1.29, 1.82) is 0 Å². The highest BCUT2D eigenvalue weighted by molar-refractivity contribution is 5.94. The van der Waals surface area contributed by atoms with Crippen LogP contribution in [0.2, 0.25) is 0 Å². The van der Waals surface area contributed by atoms with Gasteiger partial charge in [0.25, 0.3) is 5.91 Å². The van der Waals surface area contributed by atoms with E-state index in [1.54, 1.807) is 6.20 Å². The van der Waals surface area contributed by atoms with Gasteiger partial charge in [0.05, 0.1) is 0 Å². The van der Waals surface area contributed by atoms with Crippen molar-refractivity contribution in [2.45, 2.75) is 25.4 Å². The number of rotatable bonds is 7. The Morgan fingerprint density at radius 1 is 1.03 bits per heavy atom. The SMILES string of the molecule is O=C(NCCc1ccccn1)c1ccc(CNC2CNCCc3ccccc32)cc1. The minimum atomic E-state index is -0.0488. The summed E-state index contributed by atoms with van der Waals surface area (Å²) < 4.78 is 0. The van der Waals surface area contributed by atoms with E-state index in [9.17, 15) is 4.79 Å². The predicted molar refractivity (Wildman–Crippen MR) is 119 cm³/mol. The van der Waals surface area contributed by atoms with Crippen molar-refractivity contribution in [3.63, 3.8) is 0 Å². The van der Waals surface area contributed by atoms with Crippen LogP contribution in [-0.4, -0.2) is 30.5 Å². The van der Waals surface area contributed by atoms with Crippen molar-refractivity contribution in [3.05, 3.63) is 101 Å². The van der Waals surface area contributed by atoms with E-state index in [1.807, 2.05) is 42.5 Å². The van der Waals surface area contributed by atoms with E-state index >= 15 is 0 Å². The largest absolute Gasteiger partial charge is 0.352 e. The molecule has 5 heteroatoms. The molecule has 1 atom stereocenters. The normalized spacial score (nSPS) is 15.8. The lowest BCUT2D eigenvalue weighted by molar-refractivity contribution is 0.0954. The van der Waals surface area contributed by atoms with Crippen LogP contribution in [0, 0.1) is 0 Å². The number of carbonyl (C=O) groups is 1. The highest BCUT2D eigenvalue weighted by atomic mass is 16.1. The number of amides is 1. The molecular weight excluding hydrogens is 372 g/mol. The van der Waals surface area contributed by atoms with Crippen LogP contribution >= 0.6 is 0 Å². The molecule has 5 nitrogen and oxygen atoms in total. The van der Waals surface area contributed by atoms with Crippen LogP contribution in [0.4, 0.5) is 0 Å². The van der Waals surface area contributed by atoms with E-state index < -0.39 is 0 Å². The lowest BCUT2D eigenvalue weighted by Crippen LogP contribution is -2.30. The number of pyridine rings is 1. The quantitative estimate of drug-likeness (QED) is 0.570. The molecule has 0 fully saturated rings. The number of nitrogens with zero attached hydrogens (tertiary/aromatic N) is 1. The third-order valence-corrected chi connectivity index (χ3v) is 5.51. The van der Waals surface area contributed by atoms with Crippen molar-refractivity contribution >= 4 is 5.91 Å². The average molecular weight is 401 g/mol. The van der Waals surface area contributed by atoms with Crippen LogP contribution in [0.3, 0.4) is 0 Å². The fourth-order valence-corrected chi connectivity index (χ4v) is 3.83. The summed E-state index contributed by atoms with van der Waals surface area (Å²) in [5, 5.41) is 10.1. The molecule has 4 rings (SSSR count). The Morgan fingerprint density at radius 2 is 1.87 bits per heavy atom. The van der Waals surface area contributed by atoms with Gasteiger partial charge in [-0.2, -0.15) is 0 Å². The lowest BCUT2D eigenvalue weighted by atomic mass is 9.99. The molecule has 1 aliphatic heterocycles. The lowest BCUT2D eigenvalue weighted by Gasteiger charge is -2.19. The molecule has 0 aliphatic carbocycles. The average Bonchev–Trinajstić information content (AvgIpc) is 3.01. The monoisotopic (exact) mass is 400 g/mol. The second-order valence-electron chi connectivity index (χ2n) is 7.61.